The number of nitrogen functional groups attached to an aromatic ring is 1. The maximum atomic E-state index is 5.80. The van der Waals surface area contributed by atoms with Gasteiger partial charge in [0, 0.05) is 16.8 Å². The third-order valence-electron chi connectivity index (χ3n) is 4.35. The van der Waals surface area contributed by atoms with Crippen molar-refractivity contribution in [1.82, 2.24) is 9.97 Å². The molecule has 2 N–H and O–H groups in total. The summed E-state index contributed by atoms with van der Waals surface area (Å²) in [7, 11) is 0. The van der Waals surface area contributed by atoms with Crippen LogP contribution in [-0.2, 0) is 0 Å². The average molecular weight is 374 g/mol. The Balaban J connectivity index is 1.68. The van der Waals surface area contributed by atoms with Crippen molar-refractivity contribution in [3.63, 3.8) is 0 Å². The molecule has 5 heteroatoms. The van der Waals surface area contributed by atoms with E-state index in [1.807, 2.05) is 24.3 Å². The van der Waals surface area contributed by atoms with Crippen LogP contribution >= 0.6 is 22.7 Å². The number of aryl methyl sites for hydroxylation is 1. The average Bonchev–Trinajstić information content (AvgIpc) is 3.25. The fourth-order valence-electron chi connectivity index (χ4n) is 3.02. The van der Waals surface area contributed by atoms with Crippen LogP contribution in [0.25, 0.3) is 41.6 Å². The van der Waals surface area contributed by atoms with Gasteiger partial charge >= 0.3 is 0 Å². The van der Waals surface area contributed by atoms with E-state index in [0.29, 0.717) is 0 Å². The summed E-state index contributed by atoms with van der Waals surface area (Å²) in [5.74, 6) is 0. The van der Waals surface area contributed by atoms with Gasteiger partial charge in [-0.1, -0.05) is 12.1 Å². The molecule has 3 aromatic carbocycles. The Morgan fingerprint density at radius 1 is 0.808 bits per heavy atom. The highest BCUT2D eigenvalue weighted by molar-refractivity contribution is 7.22. The smallest absolute Gasteiger partial charge is 0.126 e. The first-order valence-corrected chi connectivity index (χ1v) is 9.94. The van der Waals surface area contributed by atoms with Gasteiger partial charge in [-0.15, -0.1) is 22.7 Å². The number of nitrogens with zero attached hydrogens (tertiary/aromatic N) is 2. The second-order valence-corrected chi connectivity index (χ2v) is 8.34. The van der Waals surface area contributed by atoms with E-state index < -0.39 is 0 Å². The lowest BCUT2D eigenvalue weighted by molar-refractivity contribution is 1.44. The Morgan fingerprint density at radius 2 is 1.62 bits per heavy atom. The van der Waals surface area contributed by atoms with Crippen molar-refractivity contribution in [1.29, 1.82) is 0 Å². The second-order valence-electron chi connectivity index (χ2n) is 6.28. The molecular weight excluding hydrogens is 358 g/mol. The highest BCUT2D eigenvalue weighted by atomic mass is 32.1. The molecule has 0 unspecified atom stereocenters. The molecule has 0 aliphatic carbocycles. The van der Waals surface area contributed by atoms with Gasteiger partial charge in [0.2, 0.25) is 0 Å². The Hall–Kier alpha value is -2.76. The quantitative estimate of drug-likeness (QED) is 0.379. The van der Waals surface area contributed by atoms with Gasteiger partial charge in [0.15, 0.2) is 0 Å². The van der Waals surface area contributed by atoms with E-state index in [1.54, 1.807) is 22.7 Å². The predicted molar refractivity (Wildman–Crippen MR) is 113 cm³/mol. The monoisotopic (exact) mass is 373 g/mol. The summed E-state index contributed by atoms with van der Waals surface area (Å²) in [5.41, 5.74) is 12.1. The van der Waals surface area contributed by atoms with Crippen molar-refractivity contribution in [3.8, 4) is 21.1 Å². The third-order valence-corrected chi connectivity index (χ3v) is 6.47. The van der Waals surface area contributed by atoms with E-state index in [1.165, 1.54) is 15.0 Å². The van der Waals surface area contributed by atoms with Crippen LogP contribution in [0.1, 0.15) is 5.56 Å². The van der Waals surface area contributed by atoms with Gasteiger partial charge in [0.05, 0.1) is 20.4 Å². The number of para-hydroxylation sites is 1. The van der Waals surface area contributed by atoms with Gasteiger partial charge in [0.25, 0.3) is 0 Å². The minimum absolute atomic E-state index is 0.764. The molecule has 5 aromatic rings. The van der Waals surface area contributed by atoms with E-state index in [-0.39, 0.29) is 0 Å². The van der Waals surface area contributed by atoms with E-state index in [2.05, 4.69) is 43.3 Å². The molecule has 0 radical (unpaired) electrons. The molecule has 5 rings (SSSR count). The van der Waals surface area contributed by atoms with Crippen LogP contribution in [0.15, 0.2) is 60.7 Å². The lowest BCUT2D eigenvalue weighted by Gasteiger charge is -1.97. The maximum Gasteiger partial charge on any atom is 0.126 e. The summed E-state index contributed by atoms with van der Waals surface area (Å²) in [6.07, 6.45) is 0. The summed E-state index contributed by atoms with van der Waals surface area (Å²) < 4.78 is 2.38. The fourth-order valence-corrected chi connectivity index (χ4v) is 5.11. The Kier molecular flexibility index (Phi) is 3.51. The first-order valence-electron chi connectivity index (χ1n) is 8.30. The van der Waals surface area contributed by atoms with Crippen molar-refractivity contribution in [3.05, 3.63) is 66.2 Å². The molecule has 0 aliphatic rings. The molecule has 0 amide bonds. The normalized spacial score (nSPS) is 11.4. The standard InChI is InChI=1S/C21H15N3S2/c1-12-5-10-16-18(11-12)26-21(23-16)15-3-2-4-17-19(15)24-20(25-17)13-6-8-14(22)9-7-13/h2-11H,22H2,1H3. The van der Waals surface area contributed by atoms with Crippen molar-refractivity contribution < 1.29 is 0 Å². The molecule has 2 aromatic heterocycles. The highest BCUT2D eigenvalue weighted by Crippen LogP contribution is 2.38. The molecular formula is C21H15N3S2. The van der Waals surface area contributed by atoms with Crippen molar-refractivity contribution in [2.45, 2.75) is 6.92 Å². The summed E-state index contributed by atoms with van der Waals surface area (Å²) in [6.45, 7) is 2.11. The van der Waals surface area contributed by atoms with Crippen LogP contribution in [0.4, 0.5) is 5.69 Å². The second kappa shape index (κ2) is 5.90. The van der Waals surface area contributed by atoms with Gasteiger partial charge in [-0.25, -0.2) is 9.97 Å². The molecule has 0 saturated heterocycles. The van der Waals surface area contributed by atoms with Crippen molar-refractivity contribution in [2.75, 3.05) is 5.73 Å². The van der Waals surface area contributed by atoms with Crippen LogP contribution in [0, 0.1) is 6.92 Å². The number of fused-ring (bicyclic) bond motifs is 2. The molecule has 0 spiro atoms. The number of hydrogen-bond acceptors (Lipinski definition) is 5. The predicted octanol–water partition coefficient (Wildman–Crippen LogP) is 6.13. The minimum atomic E-state index is 0.764. The van der Waals surface area contributed by atoms with Gasteiger partial charge in [0.1, 0.15) is 10.0 Å². The highest BCUT2D eigenvalue weighted by Gasteiger charge is 2.14. The van der Waals surface area contributed by atoms with Crippen LogP contribution in [0.2, 0.25) is 0 Å². The zero-order valence-electron chi connectivity index (χ0n) is 14.1. The van der Waals surface area contributed by atoms with E-state index >= 15 is 0 Å². The molecule has 0 fully saturated rings. The molecule has 0 atom stereocenters. The van der Waals surface area contributed by atoms with Crippen LogP contribution in [-0.4, -0.2) is 9.97 Å². The molecule has 0 aliphatic heterocycles. The SMILES string of the molecule is Cc1ccc2nc(-c3cccc4sc(-c5ccc(N)cc5)nc34)sc2c1. The Morgan fingerprint density at radius 3 is 2.46 bits per heavy atom. The lowest BCUT2D eigenvalue weighted by Crippen LogP contribution is -1.83. The number of benzene rings is 3. The summed E-state index contributed by atoms with van der Waals surface area (Å²) in [5, 5.41) is 2.02. The molecule has 2 heterocycles. The van der Waals surface area contributed by atoms with Gasteiger partial charge in [-0.05, 0) is 61.0 Å². The number of nitrogens with two attached hydrogens (primary N) is 1. The Labute approximate surface area is 158 Å². The third kappa shape index (κ3) is 2.57. The first-order chi connectivity index (χ1) is 12.7. The van der Waals surface area contributed by atoms with Crippen molar-refractivity contribution in [2.24, 2.45) is 0 Å². The molecule has 26 heavy (non-hydrogen) atoms. The zero-order valence-corrected chi connectivity index (χ0v) is 15.7. The molecule has 3 nitrogen and oxygen atoms in total. The van der Waals surface area contributed by atoms with E-state index in [4.69, 9.17) is 15.7 Å². The Bertz CT molecular complexity index is 1250. The lowest BCUT2D eigenvalue weighted by atomic mass is 10.2. The van der Waals surface area contributed by atoms with Crippen LogP contribution in [0.3, 0.4) is 0 Å². The van der Waals surface area contributed by atoms with Gasteiger partial charge in [-0.2, -0.15) is 0 Å². The van der Waals surface area contributed by atoms with Crippen LogP contribution in [0.5, 0.6) is 0 Å². The molecule has 0 saturated carbocycles. The summed E-state index contributed by atoms with van der Waals surface area (Å²) in [6, 6.07) is 20.6. The zero-order chi connectivity index (χ0) is 17.7. The van der Waals surface area contributed by atoms with Gasteiger partial charge in [-0.3, -0.25) is 0 Å². The van der Waals surface area contributed by atoms with Crippen LogP contribution < -0.4 is 5.73 Å². The summed E-state index contributed by atoms with van der Waals surface area (Å²) >= 11 is 3.42. The largest absolute Gasteiger partial charge is 0.399 e. The minimum Gasteiger partial charge on any atom is -0.399 e. The molecule has 0 bridgehead atoms. The van der Waals surface area contributed by atoms with Crippen molar-refractivity contribution >= 4 is 48.8 Å². The number of thiazole rings is 2. The molecule has 126 valence electrons. The number of aromatic nitrogens is 2. The van der Waals surface area contributed by atoms with E-state index in [9.17, 15) is 0 Å². The fraction of sp³-hybridized carbons (Fsp3) is 0.0476. The number of rotatable bonds is 2. The maximum absolute atomic E-state index is 5.80. The summed E-state index contributed by atoms with van der Waals surface area (Å²) in [4.78, 5) is 9.76. The van der Waals surface area contributed by atoms with Gasteiger partial charge < -0.3 is 5.73 Å². The number of hydrogen-bond donors (Lipinski definition) is 1. The first kappa shape index (κ1) is 15.5. The van der Waals surface area contributed by atoms with E-state index in [0.717, 1.165) is 37.9 Å². The topological polar surface area (TPSA) is 51.8 Å². The number of anilines is 1.